The summed E-state index contributed by atoms with van der Waals surface area (Å²) in [4.78, 5) is 35.1. The van der Waals surface area contributed by atoms with Gasteiger partial charge in [-0.3, -0.25) is 14.4 Å². The molecule has 0 unspecified atom stereocenters. The van der Waals surface area contributed by atoms with E-state index >= 15 is 0 Å². The highest BCUT2D eigenvalue weighted by molar-refractivity contribution is 5.88. The fourth-order valence-electron chi connectivity index (χ4n) is 0.836. The van der Waals surface area contributed by atoms with Crippen LogP contribution in [-0.4, -0.2) is 44.3 Å². The highest BCUT2D eigenvalue weighted by Gasteiger charge is 2.44. The molecule has 0 fully saturated rings. The number of rotatable bonds is 6. The Labute approximate surface area is 89.5 Å². The van der Waals surface area contributed by atoms with Crippen LogP contribution in [0.1, 0.15) is 12.8 Å². The molecule has 0 aliphatic rings. The number of nitrogens with two attached hydrogens (primary N) is 1. The highest BCUT2D eigenvalue weighted by atomic mass is 16.6. The summed E-state index contributed by atoms with van der Waals surface area (Å²) >= 11 is 0. The normalized spacial score (nSPS) is 9.56. The van der Waals surface area contributed by atoms with Crippen LogP contribution >= 0.6 is 0 Å². The van der Waals surface area contributed by atoms with Gasteiger partial charge in [-0.25, -0.2) is 10.7 Å². The molecule has 0 bridgehead atoms. The first kappa shape index (κ1) is 19.8. The van der Waals surface area contributed by atoms with E-state index < -0.39 is 36.4 Å². The summed E-state index contributed by atoms with van der Waals surface area (Å²) in [5, 5.41) is 25.3. The Kier molecular flexibility index (Phi) is 9.30. The summed E-state index contributed by atoms with van der Waals surface area (Å²) in [5.41, 5.74) is -2.42. The van der Waals surface area contributed by atoms with Gasteiger partial charge in [0.25, 0.3) is 0 Å². The molecule has 0 rings (SSSR count). The average molecular weight is 242 g/mol. The average Bonchev–Trinajstić information content (AvgIpc) is 2.00. The van der Waals surface area contributed by atoms with E-state index in [1.54, 1.807) is 0 Å². The number of aliphatic carboxylic acids is 3. The van der Waals surface area contributed by atoms with E-state index in [1.807, 2.05) is 0 Å². The van der Waals surface area contributed by atoms with E-state index in [2.05, 4.69) is 10.7 Å². The second-order valence-corrected chi connectivity index (χ2v) is 2.56. The molecule has 0 saturated carbocycles. The largest absolute Gasteiger partial charge is 0.481 e. The number of carbonyl (C=O) groups is 3. The second-order valence-electron chi connectivity index (χ2n) is 2.56. The molecule has 0 spiro atoms. The van der Waals surface area contributed by atoms with E-state index in [0.717, 1.165) is 0 Å². The maximum absolute atomic E-state index is 10.6. The minimum absolute atomic E-state index is 0. The van der Waals surface area contributed by atoms with Crippen molar-refractivity contribution in [3.8, 4) is 0 Å². The maximum Gasteiger partial charge on any atom is 0.339 e. The third-order valence-corrected chi connectivity index (χ3v) is 1.49. The standard InChI is InChI=1S/C6H9NO7.H3N.H2O/c7-14-6(5(12)13,1-3(8)9)2-4(10)11;;/h1-2,7H2,(H,8,9)(H,10,11)(H,12,13);1H3;1H2. The summed E-state index contributed by atoms with van der Waals surface area (Å²) in [6, 6.07) is 0. The Bertz CT molecular complexity index is 249. The number of hydrogen-bond donors (Lipinski definition) is 5. The van der Waals surface area contributed by atoms with Gasteiger partial charge in [-0.1, -0.05) is 0 Å². The second kappa shape index (κ2) is 7.53. The van der Waals surface area contributed by atoms with Gasteiger partial charge in [0.1, 0.15) is 0 Å². The van der Waals surface area contributed by atoms with Gasteiger partial charge in [0, 0.05) is 0 Å². The van der Waals surface area contributed by atoms with Gasteiger partial charge in [-0.15, -0.1) is 0 Å². The highest BCUT2D eigenvalue weighted by Crippen LogP contribution is 2.19. The van der Waals surface area contributed by atoms with Crippen molar-refractivity contribution in [3.63, 3.8) is 0 Å². The Morgan fingerprint density at radius 3 is 1.50 bits per heavy atom. The zero-order valence-electron chi connectivity index (χ0n) is 8.17. The topological polar surface area (TPSA) is 214 Å². The van der Waals surface area contributed by atoms with Crippen molar-refractivity contribution in [1.29, 1.82) is 0 Å². The van der Waals surface area contributed by atoms with Crippen molar-refractivity contribution in [1.82, 2.24) is 6.15 Å². The lowest BCUT2D eigenvalue weighted by Crippen LogP contribution is -2.47. The fraction of sp³-hybridized carbons (Fsp3) is 0.500. The fourth-order valence-corrected chi connectivity index (χ4v) is 0.836. The number of carboxylic acid groups (broad SMARTS) is 3. The Morgan fingerprint density at radius 1 is 1.06 bits per heavy atom. The molecule has 0 aliphatic carbocycles. The van der Waals surface area contributed by atoms with Crippen LogP contribution in [0.15, 0.2) is 0 Å². The molecule has 0 aromatic rings. The van der Waals surface area contributed by atoms with Crippen LogP contribution in [-0.2, 0) is 19.2 Å². The van der Waals surface area contributed by atoms with Crippen molar-refractivity contribution < 1.29 is 40.0 Å². The minimum Gasteiger partial charge on any atom is -0.481 e. The summed E-state index contributed by atoms with van der Waals surface area (Å²) in [7, 11) is 0. The molecule has 0 aromatic heterocycles. The molecular weight excluding hydrogens is 228 g/mol. The third-order valence-electron chi connectivity index (χ3n) is 1.49. The van der Waals surface area contributed by atoms with E-state index in [9.17, 15) is 14.4 Å². The van der Waals surface area contributed by atoms with Crippen LogP contribution in [0.3, 0.4) is 0 Å². The smallest absolute Gasteiger partial charge is 0.339 e. The van der Waals surface area contributed by atoms with Gasteiger partial charge in [0.2, 0.25) is 5.60 Å². The summed E-state index contributed by atoms with van der Waals surface area (Å²) in [6.07, 6.45) is -2.05. The Morgan fingerprint density at radius 2 is 1.38 bits per heavy atom. The quantitative estimate of drug-likeness (QED) is 0.324. The monoisotopic (exact) mass is 242 g/mol. The lowest BCUT2D eigenvalue weighted by Gasteiger charge is -2.22. The number of hydrogen-bond acceptors (Lipinski definition) is 6. The van der Waals surface area contributed by atoms with Crippen LogP contribution in [0, 0.1) is 0 Å². The lowest BCUT2D eigenvalue weighted by atomic mass is 9.96. The van der Waals surface area contributed by atoms with Crippen molar-refractivity contribution >= 4 is 17.9 Å². The molecule has 96 valence electrons. The predicted octanol–water partition coefficient (Wildman–Crippen LogP) is -2.01. The minimum atomic E-state index is -2.42. The van der Waals surface area contributed by atoms with E-state index in [-0.39, 0.29) is 11.6 Å². The van der Waals surface area contributed by atoms with Gasteiger partial charge < -0.3 is 26.9 Å². The Balaban J connectivity index is -0.000000845. The Hall–Kier alpha value is -1.75. The molecule has 10 nitrogen and oxygen atoms in total. The van der Waals surface area contributed by atoms with Gasteiger partial charge in [-0.05, 0) is 0 Å². The van der Waals surface area contributed by atoms with E-state index in [1.165, 1.54) is 0 Å². The molecule has 0 radical (unpaired) electrons. The molecule has 0 atom stereocenters. The van der Waals surface area contributed by atoms with Crippen LogP contribution < -0.4 is 12.0 Å². The van der Waals surface area contributed by atoms with Crippen LogP contribution in [0.4, 0.5) is 0 Å². The van der Waals surface area contributed by atoms with Gasteiger partial charge in [-0.2, -0.15) is 0 Å². The zero-order chi connectivity index (χ0) is 11.4. The first-order chi connectivity index (χ1) is 6.34. The van der Waals surface area contributed by atoms with Crippen molar-refractivity contribution in [2.24, 2.45) is 5.90 Å². The van der Waals surface area contributed by atoms with Crippen LogP contribution in [0.25, 0.3) is 0 Å². The molecule has 10 N–H and O–H groups in total. The van der Waals surface area contributed by atoms with Crippen LogP contribution in [0.5, 0.6) is 0 Å². The molecule has 0 heterocycles. The lowest BCUT2D eigenvalue weighted by molar-refractivity contribution is -0.179. The summed E-state index contributed by atoms with van der Waals surface area (Å²) in [6.45, 7) is 0. The van der Waals surface area contributed by atoms with Crippen molar-refractivity contribution in [3.05, 3.63) is 0 Å². The molecule has 0 aromatic carbocycles. The molecule has 16 heavy (non-hydrogen) atoms. The molecule has 10 heteroatoms. The predicted molar refractivity (Wildman–Crippen MR) is 48.8 cm³/mol. The van der Waals surface area contributed by atoms with Gasteiger partial charge >= 0.3 is 17.9 Å². The first-order valence-electron chi connectivity index (χ1n) is 3.39. The SMILES string of the molecule is N.NOC(CC(=O)O)(CC(=O)O)C(=O)O.O. The first-order valence-corrected chi connectivity index (χ1v) is 3.39. The molecular formula is C6H14N2O8. The molecule has 0 amide bonds. The molecule has 0 saturated heterocycles. The maximum atomic E-state index is 10.6. The summed E-state index contributed by atoms with van der Waals surface area (Å²) in [5.74, 6) is -0.163. The van der Waals surface area contributed by atoms with E-state index in [4.69, 9.17) is 15.3 Å². The third kappa shape index (κ3) is 5.21. The molecule has 0 aliphatic heterocycles. The van der Waals surface area contributed by atoms with Crippen molar-refractivity contribution in [2.75, 3.05) is 0 Å². The van der Waals surface area contributed by atoms with Gasteiger partial charge in [0.15, 0.2) is 0 Å². The van der Waals surface area contributed by atoms with Gasteiger partial charge in [0.05, 0.1) is 12.8 Å². The van der Waals surface area contributed by atoms with Crippen LogP contribution in [0.2, 0.25) is 0 Å². The number of carboxylic acids is 3. The van der Waals surface area contributed by atoms with E-state index in [0.29, 0.717) is 0 Å². The van der Waals surface area contributed by atoms with Crippen molar-refractivity contribution in [2.45, 2.75) is 18.4 Å². The summed E-state index contributed by atoms with van der Waals surface area (Å²) < 4.78 is 0. The zero-order valence-corrected chi connectivity index (χ0v) is 8.17.